The molecule has 3 aromatic rings. The Morgan fingerprint density at radius 2 is 2.14 bits per heavy atom. The second kappa shape index (κ2) is 5.03. The molecule has 4 rings (SSSR count). The molecule has 0 saturated heterocycles. The zero-order valence-corrected chi connectivity index (χ0v) is 13.1. The summed E-state index contributed by atoms with van der Waals surface area (Å²) < 4.78 is 11.1. The van der Waals surface area contributed by atoms with Crippen molar-refractivity contribution in [2.24, 2.45) is 0 Å². The molecule has 114 valence electrons. The van der Waals surface area contributed by atoms with E-state index in [-0.39, 0.29) is 0 Å². The number of aliphatic hydroxyl groups is 1. The molecule has 3 aromatic heterocycles. The molecule has 1 unspecified atom stereocenters. The highest BCUT2D eigenvalue weighted by Crippen LogP contribution is 2.41. The largest absolute Gasteiger partial charge is 0.435 e. The highest BCUT2D eigenvalue weighted by atomic mass is 32.1. The summed E-state index contributed by atoms with van der Waals surface area (Å²) in [6.45, 7) is 3.61. The van der Waals surface area contributed by atoms with Crippen LogP contribution < -0.4 is 0 Å². The van der Waals surface area contributed by atoms with Crippen molar-refractivity contribution in [1.82, 2.24) is 15.1 Å². The number of aryl methyl sites for hydroxylation is 1. The number of thiophene rings is 1. The molecule has 3 heterocycles. The van der Waals surface area contributed by atoms with Gasteiger partial charge in [0.25, 0.3) is 5.89 Å². The summed E-state index contributed by atoms with van der Waals surface area (Å²) in [6, 6.07) is 3.75. The molecule has 0 spiro atoms. The normalized spacial score (nSPS) is 16.1. The second-order valence-electron chi connectivity index (χ2n) is 5.54. The molecule has 6 nitrogen and oxygen atoms in total. The summed E-state index contributed by atoms with van der Waals surface area (Å²) in [5, 5.41) is 13.6. The monoisotopic (exact) mass is 317 g/mol. The van der Waals surface area contributed by atoms with Crippen molar-refractivity contribution in [3.05, 3.63) is 28.6 Å². The zero-order chi connectivity index (χ0) is 15.3. The number of aromatic nitrogens is 3. The molecule has 1 aliphatic rings. The molecule has 7 heteroatoms. The van der Waals surface area contributed by atoms with Crippen LogP contribution in [-0.2, 0) is 0 Å². The lowest BCUT2D eigenvalue weighted by Gasteiger charge is -1.96. The number of aliphatic hydroxyl groups excluding tert-OH is 1. The first kappa shape index (κ1) is 13.7. The molecule has 1 saturated carbocycles. The van der Waals surface area contributed by atoms with Gasteiger partial charge in [-0.2, -0.15) is 4.98 Å². The standard InChI is InChI=1S/C15H15N3O3S/c1-7-12(20-14(16-7)9-3-4-9)15-17-13(18-21-15)11-6-5-10(22-11)8(2)19/h5-6,8-9,19H,3-4H2,1-2H3. The summed E-state index contributed by atoms with van der Waals surface area (Å²) in [5.74, 6) is 2.60. The molecule has 1 atom stereocenters. The molecule has 22 heavy (non-hydrogen) atoms. The van der Waals surface area contributed by atoms with Gasteiger partial charge in [-0.05, 0) is 38.8 Å². The minimum Gasteiger partial charge on any atom is -0.435 e. The van der Waals surface area contributed by atoms with Crippen LogP contribution in [0.2, 0.25) is 0 Å². The zero-order valence-electron chi connectivity index (χ0n) is 12.2. The molecule has 1 fully saturated rings. The maximum Gasteiger partial charge on any atom is 0.295 e. The van der Waals surface area contributed by atoms with Crippen molar-refractivity contribution in [2.75, 3.05) is 0 Å². The third-order valence-electron chi connectivity index (χ3n) is 3.62. The van der Waals surface area contributed by atoms with E-state index in [9.17, 15) is 5.11 Å². The van der Waals surface area contributed by atoms with E-state index in [1.165, 1.54) is 11.3 Å². The summed E-state index contributed by atoms with van der Waals surface area (Å²) >= 11 is 1.45. The quantitative estimate of drug-likeness (QED) is 0.790. The molecule has 0 aliphatic heterocycles. The van der Waals surface area contributed by atoms with Crippen LogP contribution in [0.15, 0.2) is 21.1 Å². The van der Waals surface area contributed by atoms with Crippen LogP contribution in [0.25, 0.3) is 22.4 Å². The lowest BCUT2D eigenvalue weighted by Crippen LogP contribution is -1.83. The maximum absolute atomic E-state index is 9.59. The van der Waals surface area contributed by atoms with Gasteiger partial charge in [0.2, 0.25) is 11.6 Å². The van der Waals surface area contributed by atoms with E-state index >= 15 is 0 Å². The SMILES string of the molecule is Cc1nc(C2CC2)oc1-c1nc(-c2ccc(C(C)O)s2)no1. The van der Waals surface area contributed by atoms with Crippen LogP contribution in [0.5, 0.6) is 0 Å². The number of nitrogens with zero attached hydrogens (tertiary/aromatic N) is 3. The van der Waals surface area contributed by atoms with Gasteiger partial charge in [0, 0.05) is 10.8 Å². The Balaban J connectivity index is 1.65. The van der Waals surface area contributed by atoms with Crippen LogP contribution in [-0.4, -0.2) is 20.2 Å². The minimum atomic E-state index is -0.497. The van der Waals surface area contributed by atoms with Gasteiger partial charge >= 0.3 is 0 Å². The summed E-state index contributed by atoms with van der Waals surface area (Å²) in [5.41, 5.74) is 0.771. The first-order valence-corrected chi connectivity index (χ1v) is 8.03. The van der Waals surface area contributed by atoms with Crippen molar-refractivity contribution in [2.45, 2.75) is 38.7 Å². The van der Waals surface area contributed by atoms with Crippen LogP contribution in [0.1, 0.15) is 48.2 Å². The molecule has 0 radical (unpaired) electrons. The molecule has 0 amide bonds. The Morgan fingerprint density at radius 1 is 1.32 bits per heavy atom. The Kier molecular flexibility index (Phi) is 3.12. The molecule has 1 N–H and O–H groups in total. The van der Waals surface area contributed by atoms with Gasteiger partial charge in [0.05, 0.1) is 16.7 Å². The average Bonchev–Trinajstić information content (AvgIpc) is 2.92. The van der Waals surface area contributed by atoms with Crippen LogP contribution in [0.3, 0.4) is 0 Å². The van der Waals surface area contributed by atoms with E-state index in [1.807, 2.05) is 19.1 Å². The number of hydrogen-bond acceptors (Lipinski definition) is 7. The smallest absolute Gasteiger partial charge is 0.295 e. The highest BCUT2D eigenvalue weighted by molar-refractivity contribution is 7.15. The molecular formula is C15H15N3O3S. The minimum absolute atomic E-state index is 0.346. The van der Waals surface area contributed by atoms with E-state index in [1.54, 1.807) is 6.92 Å². The van der Waals surface area contributed by atoms with Crippen molar-refractivity contribution in [3.8, 4) is 22.4 Å². The van der Waals surface area contributed by atoms with Gasteiger partial charge in [-0.3, -0.25) is 0 Å². The predicted molar refractivity (Wildman–Crippen MR) is 80.5 cm³/mol. The summed E-state index contributed by atoms with van der Waals surface area (Å²) in [7, 11) is 0. The van der Waals surface area contributed by atoms with E-state index in [0.29, 0.717) is 23.4 Å². The van der Waals surface area contributed by atoms with Gasteiger partial charge < -0.3 is 14.0 Å². The number of rotatable bonds is 4. The van der Waals surface area contributed by atoms with Gasteiger partial charge in [0.1, 0.15) is 0 Å². The van der Waals surface area contributed by atoms with E-state index in [4.69, 9.17) is 8.94 Å². The fourth-order valence-corrected chi connectivity index (χ4v) is 3.10. The molecule has 1 aliphatic carbocycles. The first-order valence-electron chi connectivity index (χ1n) is 7.21. The van der Waals surface area contributed by atoms with Crippen LogP contribution in [0, 0.1) is 6.92 Å². The fraction of sp³-hybridized carbons (Fsp3) is 0.400. The molecule has 0 bridgehead atoms. The maximum atomic E-state index is 9.59. The van der Waals surface area contributed by atoms with Gasteiger partial charge in [-0.15, -0.1) is 11.3 Å². The lowest BCUT2D eigenvalue weighted by molar-refractivity contribution is 0.203. The number of oxazole rings is 1. The summed E-state index contributed by atoms with van der Waals surface area (Å²) in [4.78, 5) is 10.5. The van der Waals surface area contributed by atoms with Crippen molar-refractivity contribution in [1.29, 1.82) is 0 Å². The van der Waals surface area contributed by atoms with Crippen molar-refractivity contribution < 1.29 is 14.0 Å². The van der Waals surface area contributed by atoms with Gasteiger partial charge in [-0.25, -0.2) is 4.98 Å². The Labute approximate surface area is 130 Å². The van der Waals surface area contributed by atoms with Crippen molar-refractivity contribution >= 4 is 11.3 Å². The second-order valence-corrected chi connectivity index (χ2v) is 6.66. The third-order valence-corrected chi connectivity index (χ3v) is 4.87. The number of hydrogen-bond donors (Lipinski definition) is 1. The summed E-state index contributed by atoms with van der Waals surface area (Å²) in [6.07, 6.45) is 1.76. The van der Waals surface area contributed by atoms with Crippen LogP contribution in [0.4, 0.5) is 0 Å². The Hall–Kier alpha value is -1.99. The van der Waals surface area contributed by atoms with E-state index < -0.39 is 6.10 Å². The van der Waals surface area contributed by atoms with E-state index in [0.717, 1.165) is 34.2 Å². The third kappa shape index (κ3) is 2.36. The van der Waals surface area contributed by atoms with Crippen molar-refractivity contribution in [3.63, 3.8) is 0 Å². The van der Waals surface area contributed by atoms with Gasteiger partial charge in [0.15, 0.2) is 5.89 Å². The molecule has 0 aromatic carbocycles. The Morgan fingerprint density at radius 3 is 2.82 bits per heavy atom. The first-order chi connectivity index (χ1) is 10.6. The lowest BCUT2D eigenvalue weighted by atomic mass is 10.3. The topological polar surface area (TPSA) is 85.2 Å². The van der Waals surface area contributed by atoms with Gasteiger partial charge in [-0.1, -0.05) is 5.16 Å². The predicted octanol–water partition coefficient (Wildman–Crippen LogP) is 3.69. The van der Waals surface area contributed by atoms with E-state index in [2.05, 4.69) is 15.1 Å². The van der Waals surface area contributed by atoms with Crippen LogP contribution >= 0.6 is 11.3 Å². The fourth-order valence-electron chi connectivity index (χ4n) is 2.23. The molecular weight excluding hydrogens is 302 g/mol. The average molecular weight is 317 g/mol. The highest BCUT2D eigenvalue weighted by Gasteiger charge is 2.31. The Bertz CT molecular complexity index is 814.